The molecule has 0 saturated heterocycles. The summed E-state index contributed by atoms with van der Waals surface area (Å²) in [5.41, 5.74) is 3.14. The fourth-order valence-corrected chi connectivity index (χ4v) is 2.62. The third-order valence-corrected chi connectivity index (χ3v) is 4.19. The molecule has 134 valence electrons. The maximum absolute atomic E-state index is 11.2. The lowest BCUT2D eigenvalue weighted by molar-refractivity contribution is -0.135. The van der Waals surface area contributed by atoms with Crippen molar-refractivity contribution < 1.29 is 19.1 Å². The van der Waals surface area contributed by atoms with Crippen molar-refractivity contribution in [3.8, 4) is 11.1 Å². The van der Waals surface area contributed by atoms with Crippen LogP contribution in [0.2, 0.25) is 10.0 Å². The zero-order chi connectivity index (χ0) is 19.1. The molecule has 26 heavy (non-hydrogen) atoms. The predicted molar refractivity (Wildman–Crippen MR) is 104 cm³/mol. The van der Waals surface area contributed by atoms with Crippen molar-refractivity contribution in [2.24, 2.45) is 0 Å². The first-order valence-electron chi connectivity index (χ1n) is 7.56. The second-order valence-electron chi connectivity index (χ2n) is 5.19. The van der Waals surface area contributed by atoms with Gasteiger partial charge in [-0.25, -0.2) is 9.59 Å². The van der Waals surface area contributed by atoms with E-state index in [4.69, 9.17) is 23.2 Å². The van der Waals surface area contributed by atoms with E-state index in [0.29, 0.717) is 21.2 Å². The van der Waals surface area contributed by atoms with Crippen LogP contribution in [0.15, 0.2) is 48.6 Å². The molecule has 0 aliphatic carbocycles. The van der Waals surface area contributed by atoms with Crippen molar-refractivity contribution in [3.05, 3.63) is 69.7 Å². The number of carbonyl (C=O) groups is 2. The standard InChI is InChI=1S/C20H16Cl2O4/c1-25-19(23)9-7-13-3-5-15(11-17(13)21)16-6-4-14(18(22)12-16)8-10-20(24)26-2/h3-12H,1-2H3. The third kappa shape index (κ3) is 5.22. The van der Waals surface area contributed by atoms with E-state index in [0.717, 1.165) is 11.1 Å². The van der Waals surface area contributed by atoms with E-state index in [1.807, 2.05) is 12.1 Å². The summed E-state index contributed by atoms with van der Waals surface area (Å²) in [7, 11) is 2.62. The van der Waals surface area contributed by atoms with Gasteiger partial charge in [0.2, 0.25) is 0 Å². The molecule has 0 fully saturated rings. The number of methoxy groups -OCH3 is 2. The number of halogens is 2. The molecule has 0 N–H and O–H groups in total. The minimum Gasteiger partial charge on any atom is -0.466 e. The SMILES string of the molecule is COC(=O)C=Cc1ccc(-c2ccc(C=CC(=O)OC)c(Cl)c2)cc1Cl. The van der Waals surface area contributed by atoms with Crippen LogP contribution in [-0.4, -0.2) is 26.2 Å². The van der Waals surface area contributed by atoms with Crippen LogP contribution in [0.25, 0.3) is 23.3 Å². The van der Waals surface area contributed by atoms with E-state index in [9.17, 15) is 9.59 Å². The van der Waals surface area contributed by atoms with E-state index in [-0.39, 0.29) is 0 Å². The maximum atomic E-state index is 11.2. The number of benzene rings is 2. The Bertz CT molecular complexity index is 812. The fourth-order valence-electron chi connectivity index (χ4n) is 2.14. The van der Waals surface area contributed by atoms with Gasteiger partial charge in [0.15, 0.2) is 0 Å². The zero-order valence-corrected chi connectivity index (χ0v) is 15.7. The van der Waals surface area contributed by atoms with Gasteiger partial charge in [0.05, 0.1) is 14.2 Å². The van der Waals surface area contributed by atoms with Crippen LogP contribution < -0.4 is 0 Å². The highest BCUT2D eigenvalue weighted by atomic mass is 35.5. The Balaban J connectivity index is 2.26. The highest BCUT2D eigenvalue weighted by Gasteiger charge is 2.06. The average Bonchev–Trinajstić information content (AvgIpc) is 2.65. The Hall–Kier alpha value is -2.56. The Morgan fingerprint density at radius 2 is 1.15 bits per heavy atom. The van der Waals surface area contributed by atoms with Gasteiger partial charge in [0.25, 0.3) is 0 Å². The minimum atomic E-state index is -0.451. The van der Waals surface area contributed by atoms with E-state index in [1.165, 1.54) is 26.4 Å². The molecule has 2 rings (SSSR count). The molecule has 0 aromatic heterocycles. The molecule has 6 heteroatoms. The van der Waals surface area contributed by atoms with E-state index < -0.39 is 11.9 Å². The molecule has 0 spiro atoms. The first kappa shape index (κ1) is 19.8. The number of rotatable bonds is 5. The van der Waals surface area contributed by atoms with Crippen LogP contribution in [0.4, 0.5) is 0 Å². The molecule has 0 bridgehead atoms. The van der Waals surface area contributed by atoms with Gasteiger partial charge in [-0.1, -0.05) is 47.5 Å². The highest BCUT2D eigenvalue weighted by Crippen LogP contribution is 2.30. The predicted octanol–water partition coefficient (Wildman–Crippen LogP) is 5.03. The molecule has 0 aliphatic rings. The number of ether oxygens (including phenoxy) is 2. The summed E-state index contributed by atoms with van der Waals surface area (Å²) in [6.07, 6.45) is 5.79. The lowest BCUT2D eigenvalue weighted by Gasteiger charge is -2.07. The van der Waals surface area contributed by atoms with Crippen molar-refractivity contribution in [3.63, 3.8) is 0 Å². The molecule has 0 unspecified atom stereocenters. The van der Waals surface area contributed by atoms with Crippen LogP contribution in [0, 0.1) is 0 Å². The van der Waals surface area contributed by atoms with Crippen LogP contribution in [0.3, 0.4) is 0 Å². The van der Waals surface area contributed by atoms with Gasteiger partial charge in [-0.3, -0.25) is 0 Å². The average molecular weight is 391 g/mol. The maximum Gasteiger partial charge on any atom is 0.330 e. The summed E-state index contributed by atoms with van der Waals surface area (Å²) in [5.74, 6) is -0.903. The number of carbonyl (C=O) groups excluding carboxylic acids is 2. The van der Waals surface area contributed by atoms with E-state index in [1.54, 1.807) is 36.4 Å². The van der Waals surface area contributed by atoms with Gasteiger partial charge >= 0.3 is 11.9 Å². The van der Waals surface area contributed by atoms with E-state index >= 15 is 0 Å². The molecule has 2 aromatic rings. The summed E-state index contributed by atoms with van der Waals surface area (Å²) >= 11 is 12.6. The second kappa shape index (κ2) is 9.22. The van der Waals surface area contributed by atoms with Crippen molar-refractivity contribution in [1.82, 2.24) is 0 Å². The second-order valence-corrected chi connectivity index (χ2v) is 6.00. The molecule has 0 aliphatic heterocycles. The van der Waals surface area contributed by atoms with Crippen LogP contribution in [-0.2, 0) is 19.1 Å². The topological polar surface area (TPSA) is 52.6 Å². The molecule has 2 aromatic carbocycles. The minimum absolute atomic E-state index is 0.451. The molecular weight excluding hydrogens is 375 g/mol. The number of esters is 2. The number of hydrogen-bond acceptors (Lipinski definition) is 4. The monoisotopic (exact) mass is 390 g/mol. The van der Waals surface area contributed by atoms with Gasteiger partial charge in [0, 0.05) is 22.2 Å². The lowest BCUT2D eigenvalue weighted by atomic mass is 10.0. The largest absolute Gasteiger partial charge is 0.466 e. The van der Waals surface area contributed by atoms with Crippen molar-refractivity contribution >= 4 is 47.3 Å². The van der Waals surface area contributed by atoms with Gasteiger partial charge < -0.3 is 9.47 Å². The normalized spacial score (nSPS) is 11.1. The number of hydrogen-bond donors (Lipinski definition) is 0. The first-order valence-corrected chi connectivity index (χ1v) is 8.31. The lowest BCUT2D eigenvalue weighted by Crippen LogP contribution is -1.93. The summed E-state index contributed by atoms with van der Waals surface area (Å²) in [4.78, 5) is 22.3. The van der Waals surface area contributed by atoms with Gasteiger partial charge in [-0.05, 0) is 46.5 Å². The van der Waals surface area contributed by atoms with Crippen molar-refractivity contribution in [2.75, 3.05) is 14.2 Å². The molecule has 4 nitrogen and oxygen atoms in total. The Labute approximate surface area is 161 Å². The zero-order valence-electron chi connectivity index (χ0n) is 14.2. The van der Waals surface area contributed by atoms with E-state index in [2.05, 4.69) is 9.47 Å². The highest BCUT2D eigenvalue weighted by molar-refractivity contribution is 6.33. The fraction of sp³-hybridized carbons (Fsp3) is 0.100. The summed E-state index contributed by atoms with van der Waals surface area (Å²) in [5, 5.41) is 0.988. The summed E-state index contributed by atoms with van der Waals surface area (Å²) in [6, 6.07) is 10.9. The molecule has 0 heterocycles. The third-order valence-electron chi connectivity index (χ3n) is 3.53. The van der Waals surface area contributed by atoms with Gasteiger partial charge in [0.1, 0.15) is 0 Å². The molecule has 0 amide bonds. The molecule has 0 radical (unpaired) electrons. The quantitative estimate of drug-likeness (QED) is 0.530. The smallest absolute Gasteiger partial charge is 0.330 e. The molecule has 0 saturated carbocycles. The van der Waals surface area contributed by atoms with Crippen LogP contribution in [0.1, 0.15) is 11.1 Å². The van der Waals surface area contributed by atoms with Crippen LogP contribution >= 0.6 is 23.2 Å². The van der Waals surface area contributed by atoms with Gasteiger partial charge in [-0.2, -0.15) is 0 Å². The van der Waals surface area contributed by atoms with Crippen molar-refractivity contribution in [1.29, 1.82) is 0 Å². The summed E-state index contributed by atoms with van der Waals surface area (Å²) < 4.78 is 9.11. The van der Waals surface area contributed by atoms with Crippen LogP contribution in [0.5, 0.6) is 0 Å². The summed E-state index contributed by atoms with van der Waals surface area (Å²) in [6.45, 7) is 0. The van der Waals surface area contributed by atoms with Crippen molar-refractivity contribution in [2.45, 2.75) is 0 Å². The van der Waals surface area contributed by atoms with Gasteiger partial charge in [-0.15, -0.1) is 0 Å². The Kier molecular flexibility index (Phi) is 7.01. The first-order chi connectivity index (χ1) is 12.4. The molecular formula is C20H16Cl2O4. The molecule has 0 atom stereocenters. The Morgan fingerprint density at radius 3 is 1.46 bits per heavy atom. The Morgan fingerprint density at radius 1 is 0.769 bits per heavy atom.